The van der Waals surface area contributed by atoms with Crippen molar-refractivity contribution in [3.05, 3.63) is 103 Å². The largest absolute Gasteiger partial charge is 0.294 e. The van der Waals surface area contributed by atoms with Gasteiger partial charge in [-0.3, -0.25) is 9.59 Å². The van der Waals surface area contributed by atoms with Gasteiger partial charge < -0.3 is 0 Å². The summed E-state index contributed by atoms with van der Waals surface area (Å²) in [7, 11) is 0. The summed E-state index contributed by atoms with van der Waals surface area (Å²) in [6, 6.07) is 14.2. The van der Waals surface area contributed by atoms with Crippen LogP contribution >= 0.6 is 0 Å². The molecule has 24 heavy (non-hydrogen) atoms. The summed E-state index contributed by atoms with van der Waals surface area (Å²) in [6.07, 6.45) is 3.75. The summed E-state index contributed by atoms with van der Waals surface area (Å²) in [4.78, 5) is 24.3. The monoisotopic (exact) mass is 318 g/mol. The molecular weight excluding hydrogens is 296 g/mol. The van der Waals surface area contributed by atoms with Crippen molar-refractivity contribution in [2.24, 2.45) is 0 Å². The van der Waals surface area contributed by atoms with E-state index in [-0.39, 0.29) is 11.6 Å². The molecule has 0 aliphatic heterocycles. The fourth-order valence-electron chi connectivity index (χ4n) is 2.36. The van der Waals surface area contributed by atoms with Crippen LogP contribution in [0.3, 0.4) is 0 Å². The zero-order valence-electron chi connectivity index (χ0n) is 14.2. The van der Waals surface area contributed by atoms with Crippen molar-refractivity contribution in [2.45, 2.75) is 13.8 Å². The Balaban J connectivity index is 0.00000139. The fraction of sp³-hybridized carbons (Fsp3) is 0.0909. The van der Waals surface area contributed by atoms with Crippen LogP contribution in [0.5, 0.6) is 0 Å². The molecule has 2 heteroatoms. The first-order valence-electron chi connectivity index (χ1n) is 7.62. The number of benzene rings is 2. The molecule has 0 bridgehead atoms. The lowest BCUT2D eigenvalue weighted by atomic mass is 9.95. The van der Waals surface area contributed by atoms with Crippen LogP contribution in [0.2, 0.25) is 0 Å². The van der Waals surface area contributed by atoms with Gasteiger partial charge in [0.1, 0.15) is 0 Å². The molecule has 2 nitrogen and oxygen atoms in total. The summed E-state index contributed by atoms with van der Waals surface area (Å²) < 4.78 is 0. The highest BCUT2D eigenvalue weighted by Crippen LogP contribution is 2.19. The lowest BCUT2D eigenvalue weighted by Gasteiger charge is -2.07. The second-order valence-electron chi connectivity index (χ2n) is 4.96. The van der Waals surface area contributed by atoms with E-state index < -0.39 is 0 Å². The molecule has 0 aliphatic rings. The molecule has 0 spiro atoms. The van der Waals surface area contributed by atoms with E-state index in [1.165, 1.54) is 6.92 Å². The summed E-state index contributed by atoms with van der Waals surface area (Å²) in [6.45, 7) is 13.2. The number of allylic oxidation sites excluding steroid dienone is 3. The van der Waals surface area contributed by atoms with Crippen LogP contribution in [0.15, 0.2) is 80.4 Å². The highest BCUT2D eigenvalue weighted by Gasteiger charge is 2.15. The maximum absolute atomic E-state index is 12.6. The van der Waals surface area contributed by atoms with Crippen LogP contribution in [-0.4, -0.2) is 11.6 Å². The van der Waals surface area contributed by atoms with Crippen LogP contribution < -0.4 is 0 Å². The molecule has 0 amide bonds. The third-order valence-electron chi connectivity index (χ3n) is 3.56. The Morgan fingerprint density at radius 3 is 1.83 bits per heavy atom. The van der Waals surface area contributed by atoms with Crippen molar-refractivity contribution in [1.29, 1.82) is 0 Å². The molecule has 0 unspecified atom stereocenters. The van der Waals surface area contributed by atoms with Crippen LogP contribution in [0.25, 0.3) is 5.57 Å². The van der Waals surface area contributed by atoms with Gasteiger partial charge in [0.2, 0.25) is 0 Å². The topological polar surface area (TPSA) is 34.1 Å². The molecule has 0 saturated carbocycles. The zero-order chi connectivity index (χ0) is 18.1. The Morgan fingerprint density at radius 2 is 1.38 bits per heavy atom. The predicted octanol–water partition coefficient (Wildman–Crippen LogP) is 5.51. The van der Waals surface area contributed by atoms with E-state index in [2.05, 4.69) is 19.7 Å². The van der Waals surface area contributed by atoms with Crippen molar-refractivity contribution in [3.63, 3.8) is 0 Å². The number of hydrogen-bond donors (Lipinski definition) is 0. The van der Waals surface area contributed by atoms with Crippen molar-refractivity contribution < 1.29 is 9.59 Å². The maximum atomic E-state index is 12.6. The van der Waals surface area contributed by atoms with Crippen molar-refractivity contribution in [3.8, 4) is 0 Å². The van der Waals surface area contributed by atoms with Crippen molar-refractivity contribution in [1.82, 2.24) is 0 Å². The molecule has 0 atom stereocenters. The third-order valence-corrected chi connectivity index (χ3v) is 3.56. The molecule has 122 valence electrons. The minimum Gasteiger partial charge on any atom is -0.294 e. The number of ketones is 2. The van der Waals surface area contributed by atoms with Crippen LogP contribution in [0, 0.1) is 0 Å². The smallest absolute Gasteiger partial charge is 0.193 e. The number of carbonyl (C=O) groups excluding carboxylic acids is 2. The summed E-state index contributed by atoms with van der Waals surface area (Å²) in [5.41, 5.74) is 3.49. The SMILES string of the molecule is C=C.C=C/C(=C\C)c1ccc(C(=O)c2ccccc2C(C)=O)cc1. The van der Waals surface area contributed by atoms with E-state index in [1.54, 1.807) is 42.5 Å². The predicted molar refractivity (Wildman–Crippen MR) is 101 cm³/mol. The van der Waals surface area contributed by atoms with E-state index in [0.29, 0.717) is 16.7 Å². The molecule has 2 rings (SSSR count). The van der Waals surface area contributed by atoms with Gasteiger partial charge in [0.15, 0.2) is 11.6 Å². The minimum absolute atomic E-state index is 0.108. The van der Waals surface area contributed by atoms with Crippen molar-refractivity contribution >= 4 is 17.1 Å². The summed E-state index contributed by atoms with van der Waals surface area (Å²) in [5, 5.41) is 0. The van der Waals surface area contributed by atoms with Gasteiger partial charge in [-0.1, -0.05) is 67.3 Å². The number of hydrogen-bond acceptors (Lipinski definition) is 2. The molecule has 2 aromatic rings. The van der Waals surface area contributed by atoms with E-state index >= 15 is 0 Å². The van der Waals surface area contributed by atoms with Gasteiger partial charge in [0, 0.05) is 16.7 Å². The quantitative estimate of drug-likeness (QED) is 0.414. The first kappa shape index (κ1) is 19.0. The van der Waals surface area contributed by atoms with Crippen molar-refractivity contribution in [2.75, 3.05) is 0 Å². The summed E-state index contributed by atoms with van der Waals surface area (Å²) >= 11 is 0. The first-order chi connectivity index (χ1) is 11.6. The van der Waals surface area contributed by atoms with Crippen LogP contribution in [0.4, 0.5) is 0 Å². The van der Waals surface area contributed by atoms with Gasteiger partial charge in [-0.05, 0) is 25.0 Å². The first-order valence-corrected chi connectivity index (χ1v) is 7.62. The number of carbonyl (C=O) groups is 2. The van der Waals surface area contributed by atoms with Gasteiger partial charge in [0.25, 0.3) is 0 Å². The second-order valence-corrected chi connectivity index (χ2v) is 4.96. The Hall–Kier alpha value is -3.00. The number of rotatable bonds is 5. The van der Waals surface area contributed by atoms with E-state index in [4.69, 9.17) is 0 Å². The average molecular weight is 318 g/mol. The Bertz CT molecular complexity index is 765. The van der Waals surface area contributed by atoms with Gasteiger partial charge >= 0.3 is 0 Å². The van der Waals surface area contributed by atoms with Crippen LogP contribution in [0.1, 0.15) is 45.7 Å². The maximum Gasteiger partial charge on any atom is 0.193 e. The van der Waals surface area contributed by atoms with Gasteiger partial charge in [-0.25, -0.2) is 0 Å². The normalized spacial score (nSPS) is 10.3. The highest BCUT2D eigenvalue weighted by atomic mass is 16.1. The molecule has 0 aliphatic carbocycles. The molecule has 0 aromatic heterocycles. The molecule has 0 fully saturated rings. The fourth-order valence-corrected chi connectivity index (χ4v) is 2.36. The highest BCUT2D eigenvalue weighted by molar-refractivity contribution is 6.15. The lowest BCUT2D eigenvalue weighted by molar-refractivity contribution is 0.0990. The third kappa shape index (κ3) is 4.26. The second kappa shape index (κ2) is 9.21. The zero-order valence-corrected chi connectivity index (χ0v) is 14.2. The molecule has 2 aromatic carbocycles. The minimum atomic E-state index is -0.141. The van der Waals surface area contributed by atoms with Gasteiger partial charge in [0.05, 0.1) is 0 Å². The molecule has 0 N–H and O–H groups in total. The standard InChI is InChI=1S/C20H18O2.C2H4/c1-4-15(5-2)16-10-12-17(13-11-16)20(22)19-9-7-6-8-18(19)14(3)21;1-2/h4-13H,1H2,2-3H3;1-2H2/b15-5+;. The van der Waals surface area contributed by atoms with E-state index in [0.717, 1.165) is 11.1 Å². The lowest BCUT2D eigenvalue weighted by Crippen LogP contribution is -2.08. The Labute approximate surface area is 143 Å². The molecule has 0 saturated heterocycles. The number of Topliss-reactive ketones (excluding diaryl/α,β-unsaturated/α-hetero) is 1. The molecule has 0 radical (unpaired) electrons. The van der Waals surface area contributed by atoms with Crippen LogP contribution in [-0.2, 0) is 0 Å². The summed E-state index contributed by atoms with van der Waals surface area (Å²) in [5.74, 6) is -0.249. The molecule has 0 heterocycles. The van der Waals surface area contributed by atoms with Gasteiger partial charge in [-0.2, -0.15) is 0 Å². The average Bonchev–Trinajstić information content (AvgIpc) is 2.64. The molecular formula is C22H22O2. The Morgan fingerprint density at radius 1 is 0.875 bits per heavy atom. The Kier molecular flexibility index (Phi) is 7.31. The van der Waals surface area contributed by atoms with E-state index in [9.17, 15) is 9.59 Å². The van der Waals surface area contributed by atoms with Gasteiger partial charge in [-0.15, -0.1) is 13.2 Å². The van der Waals surface area contributed by atoms with E-state index in [1.807, 2.05) is 25.1 Å².